The molecule has 3 heteroatoms. The highest BCUT2D eigenvalue weighted by Gasteiger charge is 2.13. The maximum absolute atomic E-state index is 4.72. The molecule has 2 rings (SSSR count). The predicted molar refractivity (Wildman–Crippen MR) is 72.4 cm³/mol. The molecule has 1 N–H and O–H groups in total. The number of aryl methyl sites for hydroxylation is 1. The van der Waals surface area contributed by atoms with Gasteiger partial charge < -0.3 is 10.2 Å². The molecule has 0 amide bonds. The van der Waals surface area contributed by atoms with E-state index in [1.165, 1.54) is 37.9 Å². The molecule has 1 aliphatic rings. The Morgan fingerprint density at radius 3 is 2.71 bits per heavy atom. The van der Waals surface area contributed by atoms with E-state index in [-0.39, 0.29) is 0 Å². The fourth-order valence-corrected chi connectivity index (χ4v) is 2.29. The quantitative estimate of drug-likeness (QED) is 0.792. The van der Waals surface area contributed by atoms with Crippen molar-refractivity contribution in [1.29, 1.82) is 0 Å². The fourth-order valence-electron chi connectivity index (χ4n) is 2.29. The molecule has 0 unspecified atom stereocenters. The van der Waals surface area contributed by atoms with Crippen LogP contribution in [0.1, 0.15) is 37.4 Å². The summed E-state index contributed by atoms with van der Waals surface area (Å²) in [6.07, 6.45) is 3.79. The van der Waals surface area contributed by atoms with E-state index in [2.05, 4.69) is 36.2 Å². The van der Waals surface area contributed by atoms with Crippen molar-refractivity contribution in [2.24, 2.45) is 0 Å². The summed E-state index contributed by atoms with van der Waals surface area (Å²) in [6, 6.07) is 4.39. The highest BCUT2D eigenvalue weighted by molar-refractivity contribution is 5.42. The van der Waals surface area contributed by atoms with E-state index in [0.29, 0.717) is 0 Å². The summed E-state index contributed by atoms with van der Waals surface area (Å²) in [4.78, 5) is 7.10. The maximum atomic E-state index is 4.72. The predicted octanol–water partition coefficient (Wildman–Crippen LogP) is 2.49. The molecule has 1 fully saturated rings. The van der Waals surface area contributed by atoms with E-state index in [9.17, 15) is 0 Å². The van der Waals surface area contributed by atoms with Crippen LogP contribution in [0.2, 0.25) is 0 Å². The van der Waals surface area contributed by atoms with Crippen molar-refractivity contribution in [3.63, 3.8) is 0 Å². The molecule has 1 aliphatic heterocycles. The van der Waals surface area contributed by atoms with E-state index in [1.807, 2.05) is 0 Å². The fraction of sp³-hybridized carbons (Fsp3) is 0.643. The Morgan fingerprint density at radius 1 is 1.29 bits per heavy atom. The van der Waals surface area contributed by atoms with Crippen molar-refractivity contribution in [2.45, 2.75) is 39.7 Å². The Balaban J connectivity index is 2.00. The van der Waals surface area contributed by atoms with Gasteiger partial charge in [-0.1, -0.05) is 13.0 Å². The molecule has 94 valence electrons. The molecule has 3 nitrogen and oxygen atoms in total. The Labute approximate surface area is 104 Å². The van der Waals surface area contributed by atoms with Crippen molar-refractivity contribution in [3.05, 3.63) is 23.4 Å². The van der Waals surface area contributed by atoms with Crippen molar-refractivity contribution < 1.29 is 0 Å². The van der Waals surface area contributed by atoms with Crippen LogP contribution < -0.4 is 10.2 Å². The van der Waals surface area contributed by atoms with Crippen LogP contribution in [0.15, 0.2) is 12.1 Å². The molecule has 0 bridgehead atoms. The number of anilines is 1. The van der Waals surface area contributed by atoms with E-state index >= 15 is 0 Å². The van der Waals surface area contributed by atoms with Crippen molar-refractivity contribution in [2.75, 3.05) is 24.5 Å². The molecule has 0 atom stereocenters. The van der Waals surface area contributed by atoms with Gasteiger partial charge in [0.05, 0.1) is 0 Å². The number of nitrogens with one attached hydrogen (secondary N) is 1. The summed E-state index contributed by atoms with van der Waals surface area (Å²) < 4.78 is 0. The smallest absolute Gasteiger partial charge is 0.128 e. The second-order valence-electron chi connectivity index (χ2n) is 4.78. The molecule has 1 aromatic heterocycles. The monoisotopic (exact) mass is 233 g/mol. The van der Waals surface area contributed by atoms with Crippen LogP contribution in [-0.4, -0.2) is 24.6 Å². The number of hydrogen-bond donors (Lipinski definition) is 1. The van der Waals surface area contributed by atoms with Crippen LogP contribution in [0.5, 0.6) is 0 Å². The first kappa shape index (κ1) is 12.4. The average Bonchev–Trinajstić information content (AvgIpc) is 2.85. The van der Waals surface area contributed by atoms with Gasteiger partial charge in [-0.25, -0.2) is 4.98 Å². The third-order valence-electron chi connectivity index (χ3n) is 3.35. The minimum absolute atomic E-state index is 0.937. The largest absolute Gasteiger partial charge is 0.357 e. The molecule has 2 heterocycles. The summed E-state index contributed by atoms with van der Waals surface area (Å²) in [5, 5.41) is 3.43. The average molecular weight is 233 g/mol. The van der Waals surface area contributed by atoms with Crippen LogP contribution in [0, 0.1) is 6.92 Å². The lowest BCUT2D eigenvalue weighted by Crippen LogP contribution is -2.20. The van der Waals surface area contributed by atoms with Gasteiger partial charge in [0, 0.05) is 25.3 Å². The summed E-state index contributed by atoms with van der Waals surface area (Å²) in [6.45, 7) is 8.65. The zero-order valence-corrected chi connectivity index (χ0v) is 11.0. The number of pyridine rings is 1. The Morgan fingerprint density at radius 2 is 2.06 bits per heavy atom. The maximum Gasteiger partial charge on any atom is 0.128 e. The number of hydrogen-bond acceptors (Lipinski definition) is 3. The van der Waals surface area contributed by atoms with Crippen LogP contribution in [0.25, 0.3) is 0 Å². The first-order valence-electron chi connectivity index (χ1n) is 6.73. The van der Waals surface area contributed by atoms with Gasteiger partial charge in [-0.15, -0.1) is 0 Å². The number of rotatable bonds is 5. The highest BCUT2D eigenvalue weighted by atomic mass is 15.2. The molecule has 0 saturated carbocycles. The van der Waals surface area contributed by atoms with E-state index < -0.39 is 0 Å². The van der Waals surface area contributed by atoms with Gasteiger partial charge in [-0.05, 0) is 44.4 Å². The topological polar surface area (TPSA) is 28.2 Å². The zero-order valence-electron chi connectivity index (χ0n) is 11.0. The molecule has 0 aromatic carbocycles. The van der Waals surface area contributed by atoms with E-state index in [1.54, 1.807) is 0 Å². The third-order valence-corrected chi connectivity index (χ3v) is 3.35. The molecule has 17 heavy (non-hydrogen) atoms. The Kier molecular flexibility index (Phi) is 4.37. The van der Waals surface area contributed by atoms with Crippen LogP contribution >= 0.6 is 0 Å². The lowest BCUT2D eigenvalue weighted by Gasteiger charge is -2.17. The van der Waals surface area contributed by atoms with Gasteiger partial charge in [0.1, 0.15) is 5.82 Å². The van der Waals surface area contributed by atoms with Crippen LogP contribution in [0.4, 0.5) is 5.82 Å². The first-order valence-corrected chi connectivity index (χ1v) is 6.73. The highest BCUT2D eigenvalue weighted by Crippen LogP contribution is 2.19. The third kappa shape index (κ3) is 3.19. The zero-order chi connectivity index (χ0) is 12.1. The van der Waals surface area contributed by atoms with Crippen LogP contribution in [-0.2, 0) is 6.54 Å². The summed E-state index contributed by atoms with van der Waals surface area (Å²) >= 11 is 0. The molecule has 1 aromatic rings. The summed E-state index contributed by atoms with van der Waals surface area (Å²) in [5.74, 6) is 1.15. The van der Waals surface area contributed by atoms with Gasteiger partial charge in [-0.2, -0.15) is 0 Å². The number of nitrogens with zero attached hydrogens (tertiary/aromatic N) is 2. The summed E-state index contributed by atoms with van der Waals surface area (Å²) in [7, 11) is 0. The molecule has 1 saturated heterocycles. The lowest BCUT2D eigenvalue weighted by atomic mass is 10.2. The van der Waals surface area contributed by atoms with Crippen molar-refractivity contribution >= 4 is 5.82 Å². The van der Waals surface area contributed by atoms with Gasteiger partial charge in [0.25, 0.3) is 0 Å². The van der Waals surface area contributed by atoms with Gasteiger partial charge in [0.2, 0.25) is 0 Å². The van der Waals surface area contributed by atoms with Gasteiger partial charge in [-0.3, -0.25) is 0 Å². The second-order valence-corrected chi connectivity index (χ2v) is 4.78. The van der Waals surface area contributed by atoms with Crippen LogP contribution in [0.3, 0.4) is 0 Å². The minimum atomic E-state index is 0.937. The molecular formula is C14H23N3. The van der Waals surface area contributed by atoms with E-state index in [4.69, 9.17) is 4.98 Å². The van der Waals surface area contributed by atoms with Crippen molar-refractivity contribution in [1.82, 2.24) is 10.3 Å². The van der Waals surface area contributed by atoms with Gasteiger partial charge >= 0.3 is 0 Å². The summed E-state index contributed by atoms with van der Waals surface area (Å²) in [5.41, 5.74) is 2.49. The SMILES string of the molecule is CCCNCc1ccc(N2CCCC2)nc1C. The number of aromatic nitrogens is 1. The second kappa shape index (κ2) is 6.01. The molecular weight excluding hydrogens is 210 g/mol. The van der Waals surface area contributed by atoms with Gasteiger partial charge in [0.15, 0.2) is 0 Å². The minimum Gasteiger partial charge on any atom is -0.357 e. The first-order chi connectivity index (χ1) is 8.31. The lowest BCUT2D eigenvalue weighted by molar-refractivity contribution is 0.670. The van der Waals surface area contributed by atoms with Crippen molar-refractivity contribution in [3.8, 4) is 0 Å². The molecule has 0 aliphatic carbocycles. The molecule has 0 radical (unpaired) electrons. The Hall–Kier alpha value is -1.09. The molecule has 0 spiro atoms. The standard InChI is InChI=1S/C14H23N3/c1-3-8-15-11-13-6-7-14(16-12(13)2)17-9-4-5-10-17/h6-7,15H,3-5,8-11H2,1-2H3. The van der Waals surface area contributed by atoms with E-state index in [0.717, 1.165) is 24.6 Å². The Bertz CT molecular complexity index is 356. The normalized spacial score (nSPS) is 15.5.